The van der Waals surface area contributed by atoms with E-state index >= 15 is 0 Å². The number of carbonyl (C=O) groups excluding carboxylic acids is 1. The van der Waals surface area contributed by atoms with Gasteiger partial charge in [0, 0.05) is 23.5 Å². The summed E-state index contributed by atoms with van der Waals surface area (Å²) in [5.74, 6) is -0.816. The van der Waals surface area contributed by atoms with E-state index in [1.807, 2.05) is 0 Å². The first-order valence-electron chi connectivity index (χ1n) is 4.97. The molecule has 0 aliphatic heterocycles. The zero-order chi connectivity index (χ0) is 13.0. The summed E-state index contributed by atoms with van der Waals surface area (Å²) in [6, 6.07) is 3.81. The van der Waals surface area contributed by atoms with Gasteiger partial charge in [0.2, 0.25) is 5.91 Å². The zero-order valence-corrected chi connectivity index (χ0v) is 10.7. The van der Waals surface area contributed by atoms with E-state index in [1.54, 1.807) is 0 Å². The van der Waals surface area contributed by atoms with Crippen LogP contribution in [0.2, 0.25) is 0 Å². The summed E-state index contributed by atoms with van der Waals surface area (Å²) in [4.78, 5) is 10.7. The standard InChI is InChI=1S/C11H13BrFNO3/c1-6(15)14-5-10(16)11(17)8-4-7(13)2-3-9(8)12/h2-4,10-11,16-17H,5H2,1H3,(H,14,15). The number of nitrogens with one attached hydrogen (secondary N) is 1. The molecule has 2 unspecified atom stereocenters. The van der Waals surface area contributed by atoms with Crippen LogP contribution < -0.4 is 5.32 Å². The van der Waals surface area contributed by atoms with Crippen molar-refractivity contribution < 1.29 is 19.4 Å². The molecule has 0 spiro atoms. The minimum Gasteiger partial charge on any atom is -0.388 e. The molecule has 0 aromatic heterocycles. The van der Waals surface area contributed by atoms with Crippen LogP contribution in [-0.2, 0) is 4.79 Å². The van der Waals surface area contributed by atoms with E-state index in [0.717, 1.165) is 6.07 Å². The lowest BCUT2D eigenvalue weighted by molar-refractivity contribution is -0.119. The Kier molecular flexibility index (Phi) is 5.04. The fourth-order valence-electron chi connectivity index (χ4n) is 1.31. The van der Waals surface area contributed by atoms with Gasteiger partial charge in [0.15, 0.2) is 0 Å². The maximum absolute atomic E-state index is 13.0. The molecule has 1 rings (SSSR count). The smallest absolute Gasteiger partial charge is 0.216 e. The topological polar surface area (TPSA) is 69.6 Å². The molecule has 0 saturated carbocycles. The van der Waals surface area contributed by atoms with Gasteiger partial charge < -0.3 is 15.5 Å². The third kappa shape index (κ3) is 4.07. The molecule has 0 aliphatic carbocycles. The Morgan fingerprint density at radius 2 is 2.18 bits per heavy atom. The second-order valence-corrected chi connectivity index (χ2v) is 4.47. The summed E-state index contributed by atoms with van der Waals surface area (Å²) in [6.07, 6.45) is -2.47. The maximum atomic E-state index is 13.0. The Hall–Kier alpha value is -0.980. The SMILES string of the molecule is CC(=O)NCC(O)C(O)c1cc(F)ccc1Br. The molecule has 0 aliphatic rings. The molecule has 4 nitrogen and oxygen atoms in total. The first kappa shape index (κ1) is 14.1. The van der Waals surface area contributed by atoms with Crippen molar-refractivity contribution >= 4 is 21.8 Å². The van der Waals surface area contributed by atoms with Gasteiger partial charge in [0.1, 0.15) is 18.0 Å². The Balaban J connectivity index is 2.77. The monoisotopic (exact) mass is 305 g/mol. The fourth-order valence-corrected chi connectivity index (χ4v) is 1.79. The third-order valence-electron chi connectivity index (χ3n) is 2.20. The summed E-state index contributed by atoms with van der Waals surface area (Å²) >= 11 is 3.15. The van der Waals surface area contributed by atoms with Gasteiger partial charge in [-0.3, -0.25) is 4.79 Å². The van der Waals surface area contributed by atoms with E-state index in [4.69, 9.17) is 0 Å². The molecule has 6 heteroatoms. The predicted octanol–water partition coefficient (Wildman–Crippen LogP) is 1.12. The van der Waals surface area contributed by atoms with Gasteiger partial charge in [-0.1, -0.05) is 15.9 Å². The van der Waals surface area contributed by atoms with Crippen molar-refractivity contribution in [3.8, 4) is 0 Å². The van der Waals surface area contributed by atoms with Crippen LogP contribution in [0.1, 0.15) is 18.6 Å². The molecule has 1 aromatic rings. The van der Waals surface area contributed by atoms with Crippen LogP contribution in [0.5, 0.6) is 0 Å². The van der Waals surface area contributed by atoms with Gasteiger partial charge in [-0.2, -0.15) is 0 Å². The van der Waals surface area contributed by atoms with Crippen LogP contribution >= 0.6 is 15.9 Å². The molecular weight excluding hydrogens is 293 g/mol. The second kappa shape index (κ2) is 6.09. The number of hydrogen-bond acceptors (Lipinski definition) is 3. The number of hydrogen-bond donors (Lipinski definition) is 3. The van der Waals surface area contributed by atoms with E-state index in [-0.39, 0.29) is 18.0 Å². The summed E-state index contributed by atoms with van der Waals surface area (Å²) < 4.78 is 13.5. The minimum absolute atomic E-state index is 0.0978. The molecular formula is C11H13BrFNO3. The maximum Gasteiger partial charge on any atom is 0.216 e. The minimum atomic E-state index is -1.27. The molecule has 1 amide bonds. The molecule has 0 radical (unpaired) electrons. The van der Waals surface area contributed by atoms with Gasteiger partial charge in [0.25, 0.3) is 0 Å². The van der Waals surface area contributed by atoms with E-state index in [9.17, 15) is 19.4 Å². The Morgan fingerprint density at radius 1 is 1.53 bits per heavy atom. The lowest BCUT2D eigenvalue weighted by Crippen LogP contribution is -2.34. The highest BCUT2D eigenvalue weighted by atomic mass is 79.9. The summed E-state index contributed by atoms with van der Waals surface area (Å²) in [6.45, 7) is 1.21. The predicted molar refractivity (Wildman–Crippen MR) is 63.8 cm³/mol. The number of carbonyl (C=O) groups is 1. The number of rotatable bonds is 4. The Labute approximate surface area is 107 Å². The average Bonchev–Trinajstić information content (AvgIpc) is 2.28. The number of aliphatic hydroxyl groups excluding tert-OH is 2. The van der Waals surface area contributed by atoms with Gasteiger partial charge in [0.05, 0.1) is 0 Å². The van der Waals surface area contributed by atoms with E-state index in [0.29, 0.717) is 4.47 Å². The molecule has 2 atom stereocenters. The van der Waals surface area contributed by atoms with E-state index in [1.165, 1.54) is 19.1 Å². The van der Waals surface area contributed by atoms with Crippen LogP contribution in [0.25, 0.3) is 0 Å². The number of aliphatic hydroxyl groups is 2. The molecule has 17 heavy (non-hydrogen) atoms. The lowest BCUT2D eigenvalue weighted by Gasteiger charge is -2.19. The van der Waals surface area contributed by atoms with Gasteiger partial charge >= 0.3 is 0 Å². The van der Waals surface area contributed by atoms with Crippen molar-refractivity contribution in [1.29, 1.82) is 0 Å². The average molecular weight is 306 g/mol. The highest BCUT2D eigenvalue weighted by Gasteiger charge is 2.21. The number of amides is 1. The van der Waals surface area contributed by atoms with Crippen LogP contribution in [0.3, 0.4) is 0 Å². The van der Waals surface area contributed by atoms with Crippen molar-refractivity contribution in [2.24, 2.45) is 0 Å². The normalized spacial score (nSPS) is 14.2. The first-order chi connectivity index (χ1) is 7.91. The summed E-state index contributed by atoms with van der Waals surface area (Å²) in [5, 5.41) is 21.8. The molecule has 0 saturated heterocycles. The quantitative estimate of drug-likeness (QED) is 0.781. The number of halogens is 2. The summed E-state index contributed by atoms with van der Waals surface area (Å²) in [7, 11) is 0. The molecule has 0 bridgehead atoms. The Morgan fingerprint density at radius 3 is 2.76 bits per heavy atom. The highest BCUT2D eigenvalue weighted by molar-refractivity contribution is 9.10. The van der Waals surface area contributed by atoms with E-state index in [2.05, 4.69) is 21.2 Å². The zero-order valence-electron chi connectivity index (χ0n) is 9.15. The van der Waals surface area contributed by atoms with Crippen molar-refractivity contribution in [2.75, 3.05) is 6.54 Å². The van der Waals surface area contributed by atoms with Gasteiger partial charge in [-0.05, 0) is 18.2 Å². The first-order valence-corrected chi connectivity index (χ1v) is 5.76. The molecule has 94 valence electrons. The largest absolute Gasteiger partial charge is 0.388 e. The molecule has 3 N–H and O–H groups in total. The number of benzene rings is 1. The highest BCUT2D eigenvalue weighted by Crippen LogP contribution is 2.26. The van der Waals surface area contributed by atoms with Crippen molar-refractivity contribution in [2.45, 2.75) is 19.1 Å². The van der Waals surface area contributed by atoms with Crippen LogP contribution in [0, 0.1) is 5.82 Å². The second-order valence-electron chi connectivity index (χ2n) is 3.62. The van der Waals surface area contributed by atoms with Gasteiger partial charge in [-0.15, -0.1) is 0 Å². The van der Waals surface area contributed by atoms with Gasteiger partial charge in [-0.25, -0.2) is 4.39 Å². The molecule has 0 heterocycles. The lowest BCUT2D eigenvalue weighted by atomic mass is 10.0. The summed E-state index contributed by atoms with van der Waals surface area (Å²) in [5.41, 5.74) is 0.239. The molecule has 0 fully saturated rings. The Bertz CT molecular complexity index is 414. The van der Waals surface area contributed by atoms with Crippen molar-refractivity contribution in [3.05, 3.63) is 34.1 Å². The third-order valence-corrected chi connectivity index (χ3v) is 2.92. The van der Waals surface area contributed by atoms with Crippen LogP contribution in [0.15, 0.2) is 22.7 Å². The van der Waals surface area contributed by atoms with Crippen LogP contribution in [0.4, 0.5) is 4.39 Å². The van der Waals surface area contributed by atoms with Crippen molar-refractivity contribution in [3.63, 3.8) is 0 Å². The molecule has 1 aromatic carbocycles. The van der Waals surface area contributed by atoms with Crippen LogP contribution in [-0.4, -0.2) is 28.8 Å². The van der Waals surface area contributed by atoms with Crippen molar-refractivity contribution in [1.82, 2.24) is 5.32 Å². The van der Waals surface area contributed by atoms with E-state index < -0.39 is 18.0 Å². The fraction of sp³-hybridized carbons (Fsp3) is 0.364.